The summed E-state index contributed by atoms with van der Waals surface area (Å²) in [7, 11) is -2.39. The van der Waals surface area contributed by atoms with Crippen LogP contribution in [-0.2, 0) is 9.09 Å². The van der Waals surface area contributed by atoms with Gasteiger partial charge in [0.2, 0.25) is 7.37 Å². The number of hydrogen-bond donors (Lipinski definition) is 1. The van der Waals surface area contributed by atoms with Gasteiger partial charge in [-0.25, -0.2) is 0 Å². The van der Waals surface area contributed by atoms with Crippen LogP contribution in [-0.4, -0.2) is 29.6 Å². The zero-order chi connectivity index (χ0) is 10.3. The van der Waals surface area contributed by atoms with E-state index >= 15 is 0 Å². The molecular formula is C10H19O3P. The van der Waals surface area contributed by atoms with E-state index in [0.717, 1.165) is 19.0 Å². The highest BCUT2D eigenvalue weighted by Gasteiger charge is 2.62. The number of rotatable bonds is 4. The van der Waals surface area contributed by atoms with Gasteiger partial charge in [0.15, 0.2) is 0 Å². The van der Waals surface area contributed by atoms with Crippen LogP contribution in [0.5, 0.6) is 0 Å². The van der Waals surface area contributed by atoms with Crippen molar-refractivity contribution in [3.63, 3.8) is 0 Å². The van der Waals surface area contributed by atoms with E-state index in [1.807, 2.05) is 6.92 Å². The zero-order valence-electron chi connectivity index (χ0n) is 8.85. The van der Waals surface area contributed by atoms with Crippen molar-refractivity contribution < 1.29 is 14.2 Å². The first-order chi connectivity index (χ1) is 6.62. The second-order valence-electron chi connectivity index (χ2n) is 4.57. The van der Waals surface area contributed by atoms with Crippen molar-refractivity contribution in [3.8, 4) is 0 Å². The van der Waals surface area contributed by atoms with Crippen LogP contribution in [0.4, 0.5) is 0 Å². The van der Waals surface area contributed by atoms with Crippen LogP contribution in [0.15, 0.2) is 0 Å². The van der Waals surface area contributed by atoms with Crippen molar-refractivity contribution in [2.24, 2.45) is 11.8 Å². The Bertz CT molecular complexity index is 262. The molecule has 3 nitrogen and oxygen atoms in total. The predicted molar refractivity (Wildman–Crippen MR) is 55.8 cm³/mol. The standard InChI is InChI=1S/C10H19O3P/c1-3-8(6-11)13-14(12)5-4-9-7(2)10(9)14/h7-11H,3-6H2,1-2H3. The summed E-state index contributed by atoms with van der Waals surface area (Å²) in [5.41, 5.74) is 0.322. The van der Waals surface area contributed by atoms with E-state index in [1.165, 1.54) is 0 Å². The normalized spacial score (nSPS) is 47.5. The van der Waals surface area contributed by atoms with Gasteiger partial charge in [0.25, 0.3) is 0 Å². The van der Waals surface area contributed by atoms with E-state index in [2.05, 4.69) is 6.92 Å². The summed E-state index contributed by atoms with van der Waals surface area (Å²) in [6.45, 7) is 4.10. The summed E-state index contributed by atoms with van der Waals surface area (Å²) >= 11 is 0. The van der Waals surface area contributed by atoms with Crippen molar-refractivity contribution >= 4 is 7.37 Å². The molecule has 2 rings (SSSR count). The fourth-order valence-corrected chi connectivity index (χ4v) is 6.46. The zero-order valence-corrected chi connectivity index (χ0v) is 9.74. The number of hydrogen-bond acceptors (Lipinski definition) is 3. The van der Waals surface area contributed by atoms with Gasteiger partial charge < -0.3 is 9.63 Å². The van der Waals surface area contributed by atoms with Gasteiger partial charge >= 0.3 is 0 Å². The first-order valence-electron chi connectivity index (χ1n) is 5.50. The van der Waals surface area contributed by atoms with Crippen molar-refractivity contribution in [3.05, 3.63) is 0 Å². The van der Waals surface area contributed by atoms with E-state index in [1.54, 1.807) is 0 Å². The largest absolute Gasteiger partial charge is 0.394 e. The Morgan fingerprint density at radius 3 is 2.79 bits per heavy atom. The third kappa shape index (κ3) is 1.56. The fraction of sp³-hybridized carbons (Fsp3) is 1.00. The van der Waals surface area contributed by atoms with Gasteiger partial charge in [-0.2, -0.15) is 0 Å². The lowest BCUT2D eigenvalue weighted by Crippen LogP contribution is -2.16. The average molecular weight is 218 g/mol. The summed E-state index contributed by atoms with van der Waals surface area (Å²) in [6.07, 6.45) is 2.33. The first-order valence-corrected chi connectivity index (χ1v) is 7.38. The van der Waals surface area contributed by atoms with E-state index < -0.39 is 7.37 Å². The second kappa shape index (κ2) is 3.62. The van der Waals surface area contributed by atoms with Gasteiger partial charge in [-0.1, -0.05) is 13.8 Å². The van der Waals surface area contributed by atoms with Crippen LogP contribution in [0, 0.1) is 11.8 Å². The lowest BCUT2D eigenvalue weighted by Gasteiger charge is -2.21. The van der Waals surface area contributed by atoms with Crippen molar-refractivity contribution in [1.29, 1.82) is 0 Å². The van der Waals surface area contributed by atoms with Crippen LogP contribution in [0.1, 0.15) is 26.7 Å². The monoisotopic (exact) mass is 218 g/mol. The molecule has 0 spiro atoms. The lowest BCUT2D eigenvalue weighted by atomic mass is 10.3. The summed E-state index contributed by atoms with van der Waals surface area (Å²) in [5, 5.41) is 9.02. The maximum Gasteiger partial charge on any atom is 0.207 e. The molecule has 4 heteroatoms. The van der Waals surface area contributed by atoms with E-state index in [4.69, 9.17) is 9.63 Å². The third-order valence-electron chi connectivity index (χ3n) is 3.73. The molecule has 1 saturated heterocycles. The highest BCUT2D eigenvalue weighted by Crippen LogP contribution is 2.74. The molecule has 0 bridgehead atoms. The maximum absolute atomic E-state index is 12.4. The molecule has 82 valence electrons. The predicted octanol–water partition coefficient (Wildman–Crippen LogP) is 2.09. The van der Waals surface area contributed by atoms with Gasteiger partial charge in [-0.05, 0) is 24.7 Å². The molecule has 14 heavy (non-hydrogen) atoms. The Morgan fingerprint density at radius 1 is 1.64 bits per heavy atom. The van der Waals surface area contributed by atoms with Crippen LogP contribution < -0.4 is 0 Å². The smallest absolute Gasteiger partial charge is 0.207 e. The Labute approximate surface area is 85.3 Å². The highest BCUT2D eigenvalue weighted by atomic mass is 31.2. The molecule has 1 N–H and O–H groups in total. The summed E-state index contributed by atoms with van der Waals surface area (Å²) in [5.74, 6) is 1.24. The van der Waals surface area contributed by atoms with Crippen molar-refractivity contribution in [1.82, 2.24) is 0 Å². The van der Waals surface area contributed by atoms with Crippen molar-refractivity contribution in [2.45, 2.75) is 38.5 Å². The Morgan fingerprint density at radius 2 is 2.36 bits per heavy atom. The number of aliphatic hydroxyl groups is 1. The quantitative estimate of drug-likeness (QED) is 0.735. The fourth-order valence-electron chi connectivity index (χ4n) is 2.70. The molecule has 0 aromatic heterocycles. The third-order valence-corrected chi connectivity index (χ3v) is 7.02. The molecule has 2 fully saturated rings. The highest BCUT2D eigenvalue weighted by molar-refractivity contribution is 7.60. The van der Waals surface area contributed by atoms with Crippen LogP contribution in [0.3, 0.4) is 0 Å². The second-order valence-corrected chi connectivity index (χ2v) is 7.28. The topological polar surface area (TPSA) is 46.5 Å². The molecule has 1 heterocycles. The SMILES string of the molecule is CCC(CO)OP1(=O)CCC2C(C)C21. The molecule has 1 aliphatic heterocycles. The van der Waals surface area contributed by atoms with Crippen LogP contribution in [0.2, 0.25) is 0 Å². The lowest BCUT2D eigenvalue weighted by molar-refractivity contribution is 0.115. The Hall–Kier alpha value is 0.150. The number of fused-ring (bicyclic) bond motifs is 1. The Balaban J connectivity index is 2.00. The maximum atomic E-state index is 12.4. The van der Waals surface area contributed by atoms with Crippen molar-refractivity contribution in [2.75, 3.05) is 12.8 Å². The number of aliphatic hydroxyl groups excluding tert-OH is 1. The molecular weight excluding hydrogens is 199 g/mol. The van der Waals surface area contributed by atoms with E-state index in [-0.39, 0.29) is 12.7 Å². The van der Waals surface area contributed by atoms with Crippen LogP contribution in [0.25, 0.3) is 0 Å². The average Bonchev–Trinajstić information content (AvgIpc) is 2.69. The minimum absolute atomic E-state index is 0.00768. The van der Waals surface area contributed by atoms with Crippen LogP contribution >= 0.6 is 7.37 Å². The molecule has 1 saturated carbocycles. The molecule has 5 unspecified atom stereocenters. The van der Waals surface area contributed by atoms with E-state index in [9.17, 15) is 4.57 Å². The first kappa shape index (κ1) is 10.7. The minimum atomic E-state index is -2.39. The minimum Gasteiger partial charge on any atom is -0.394 e. The van der Waals surface area contributed by atoms with Gasteiger partial charge in [0, 0.05) is 11.8 Å². The van der Waals surface area contributed by atoms with Gasteiger partial charge in [-0.3, -0.25) is 4.57 Å². The molecule has 0 aromatic rings. The van der Waals surface area contributed by atoms with E-state index in [0.29, 0.717) is 17.5 Å². The molecule has 5 atom stereocenters. The molecule has 0 radical (unpaired) electrons. The molecule has 2 aliphatic rings. The summed E-state index contributed by atoms with van der Waals surface area (Å²) < 4.78 is 18.0. The van der Waals surface area contributed by atoms with Gasteiger partial charge in [0.05, 0.1) is 12.7 Å². The molecule has 1 aliphatic carbocycles. The van der Waals surface area contributed by atoms with Gasteiger partial charge in [0.1, 0.15) is 0 Å². The Kier molecular flexibility index (Phi) is 2.76. The summed E-state index contributed by atoms with van der Waals surface area (Å²) in [6, 6.07) is 0. The van der Waals surface area contributed by atoms with Gasteiger partial charge in [-0.15, -0.1) is 0 Å². The molecule has 0 aromatic carbocycles. The molecule has 0 amide bonds. The summed E-state index contributed by atoms with van der Waals surface area (Å²) in [4.78, 5) is 0.